The molecule has 0 fully saturated rings. The molecule has 0 bridgehead atoms. The van der Waals surface area contributed by atoms with Crippen molar-refractivity contribution in [3.05, 3.63) is 35.4 Å². The van der Waals surface area contributed by atoms with Gasteiger partial charge < -0.3 is 22.9 Å². The molecule has 0 heterocycles. The number of aryl methyl sites for hydroxylation is 1. The molecule has 0 saturated carbocycles. The summed E-state index contributed by atoms with van der Waals surface area (Å²) in [5.74, 6) is 0.286. The molecule has 0 spiro atoms. The summed E-state index contributed by atoms with van der Waals surface area (Å²) in [4.78, 5) is 10.5. The van der Waals surface area contributed by atoms with Crippen LogP contribution < -0.4 is 22.9 Å². The quantitative estimate of drug-likeness (QED) is 0.264. The second-order valence-corrected chi connectivity index (χ2v) is 5.77. The highest BCUT2D eigenvalue weighted by Crippen LogP contribution is 2.09. The van der Waals surface area contributed by atoms with Crippen LogP contribution in [0.3, 0.4) is 0 Å². The van der Waals surface area contributed by atoms with Crippen LogP contribution in [0.4, 0.5) is 0 Å². The van der Waals surface area contributed by atoms with Crippen LogP contribution in [0, 0.1) is 0 Å². The molecule has 0 aliphatic carbocycles. The fraction of sp³-hybridized carbons (Fsp3) is 0.529. The van der Waals surface area contributed by atoms with E-state index in [1.165, 1.54) is 11.1 Å². The van der Waals surface area contributed by atoms with Crippen molar-refractivity contribution in [2.24, 2.45) is 32.9 Å². The Morgan fingerprint density at radius 1 is 0.833 bits per heavy atom. The third-order valence-electron chi connectivity index (χ3n) is 3.69. The summed E-state index contributed by atoms with van der Waals surface area (Å²) < 4.78 is 0. The van der Waals surface area contributed by atoms with Crippen LogP contribution in [-0.2, 0) is 13.0 Å². The van der Waals surface area contributed by atoms with Crippen molar-refractivity contribution < 1.29 is 0 Å². The summed E-state index contributed by atoms with van der Waals surface area (Å²) in [5, 5.41) is 0. The van der Waals surface area contributed by atoms with Gasteiger partial charge in [0.2, 0.25) is 0 Å². The summed E-state index contributed by atoms with van der Waals surface area (Å²) in [5.41, 5.74) is 24.1. The first-order chi connectivity index (χ1) is 11.5. The first-order valence-electron chi connectivity index (χ1n) is 8.42. The van der Waals surface area contributed by atoms with Gasteiger partial charge >= 0.3 is 0 Å². The number of nitrogens with two attached hydrogens (primary N) is 4. The second kappa shape index (κ2) is 11.3. The average molecular weight is 333 g/mol. The van der Waals surface area contributed by atoms with Gasteiger partial charge in [0.1, 0.15) is 0 Å². The largest absolute Gasteiger partial charge is 0.370 e. The van der Waals surface area contributed by atoms with Crippen LogP contribution in [-0.4, -0.2) is 43.0 Å². The monoisotopic (exact) mass is 333 g/mol. The summed E-state index contributed by atoms with van der Waals surface area (Å²) in [6.45, 7) is 6.19. The highest BCUT2D eigenvalue weighted by molar-refractivity contribution is 5.75. The Kier molecular flexibility index (Phi) is 9.29. The van der Waals surface area contributed by atoms with Crippen LogP contribution in [0.1, 0.15) is 30.9 Å². The molecule has 0 atom stereocenters. The summed E-state index contributed by atoms with van der Waals surface area (Å²) in [6.07, 6.45) is 2.88. The van der Waals surface area contributed by atoms with Crippen molar-refractivity contribution in [1.82, 2.24) is 4.90 Å². The van der Waals surface area contributed by atoms with Gasteiger partial charge in [-0.2, -0.15) is 0 Å². The molecule has 1 aromatic carbocycles. The Morgan fingerprint density at radius 3 is 1.71 bits per heavy atom. The Labute approximate surface area is 144 Å². The van der Waals surface area contributed by atoms with Crippen molar-refractivity contribution in [2.45, 2.75) is 32.7 Å². The fourth-order valence-electron chi connectivity index (χ4n) is 2.41. The highest BCUT2D eigenvalue weighted by atomic mass is 15.1. The van der Waals surface area contributed by atoms with Crippen molar-refractivity contribution >= 4 is 11.9 Å². The topological polar surface area (TPSA) is 132 Å². The van der Waals surface area contributed by atoms with Crippen LogP contribution in [0.5, 0.6) is 0 Å². The molecule has 24 heavy (non-hydrogen) atoms. The molecule has 134 valence electrons. The lowest BCUT2D eigenvalue weighted by molar-refractivity contribution is 0.262. The van der Waals surface area contributed by atoms with E-state index in [4.69, 9.17) is 22.9 Å². The number of nitrogens with zero attached hydrogens (tertiary/aromatic N) is 3. The summed E-state index contributed by atoms with van der Waals surface area (Å²) in [7, 11) is 0. The number of hydrogen-bond acceptors (Lipinski definition) is 3. The van der Waals surface area contributed by atoms with Gasteiger partial charge in [0, 0.05) is 32.7 Å². The second-order valence-electron chi connectivity index (χ2n) is 5.77. The van der Waals surface area contributed by atoms with Crippen molar-refractivity contribution in [1.29, 1.82) is 0 Å². The molecule has 0 saturated heterocycles. The molecular formula is C17H31N7. The van der Waals surface area contributed by atoms with Crippen LogP contribution >= 0.6 is 0 Å². The van der Waals surface area contributed by atoms with Gasteiger partial charge in [-0.1, -0.05) is 31.2 Å². The van der Waals surface area contributed by atoms with Crippen LogP contribution in [0.25, 0.3) is 0 Å². The minimum Gasteiger partial charge on any atom is -0.370 e. The number of guanidine groups is 2. The minimum atomic E-state index is 0.143. The minimum absolute atomic E-state index is 0.143. The molecule has 0 aliphatic rings. The smallest absolute Gasteiger partial charge is 0.185 e. The lowest BCUT2D eigenvalue weighted by Crippen LogP contribution is -2.28. The predicted octanol–water partition coefficient (Wildman–Crippen LogP) is 0.378. The summed E-state index contributed by atoms with van der Waals surface area (Å²) in [6, 6.07) is 8.76. The highest BCUT2D eigenvalue weighted by Gasteiger charge is 2.06. The van der Waals surface area contributed by atoms with E-state index in [9.17, 15) is 0 Å². The molecule has 0 radical (unpaired) electrons. The molecule has 7 nitrogen and oxygen atoms in total. The van der Waals surface area contributed by atoms with E-state index in [0.29, 0.717) is 13.1 Å². The third-order valence-corrected chi connectivity index (χ3v) is 3.69. The standard InChI is InChI=1S/C17H31N7/c1-2-14-5-7-15(8-6-14)13-24(11-3-9-22-16(18)19)12-4-10-23-17(20)21/h5-8H,2-4,9-13H2,1H3,(H4,18,19,22)(H4,20,21,23). The Balaban J connectivity index is 2.54. The van der Waals surface area contributed by atoms with Gasteiger partial charge in [0.25, 0.3) is 0 Å². The Morgan fingerprint density at radius 2 is 1.29 bits per heavy atom. The van der Waals surface area contributed by atoms with E-state index in [0.717, 1.165) is 38.9 Å². The number of hydrogen-bond donors (Lipinski definition) is 4. The number of rotatable bonds is 11. The Bertz CT molecular complexity index is 490. The molecule has 0 aliphatic heterocycles. The zero-order valence-corrected chi connectivity index (χ0v) is 14.6. The SMILES string of the molecule is CCc1ccc(CN(CCCN=C(N)N)CCCN=C(N)N)cc1. The lowest BCUT2D eigenvalue weighted by atomic mass is 10.1. The van der Waals surface area contributed by atoms with Crippen LogP contribution in [0.15, 0.2) is 34.3 Å². The van der Waals surface area contributed by atoms with Gasteiger partial charge in [0.05, 0.1) is 0 Å². The van der Waals surface area contributed by atoms with Gasteiger partial charge in [-0.05, 0) is 30.4 Å². The molecule has 0 amide bonds. The van der Waals surface area contributed by atoms with Gasteiger partial charge in [-0.15, -0.1) is 0 Å². The van der Waals surface area contributed by atoms with E-state index >= 15 is 0 Å². The van der Waals surface area contributed by atoms with Gasteiger partial charge in [-0.3, -0.25) is 14.9 Å². The van der Waals surface area contributed by atoms with Crippen molar-refractivity contribution in [2.75, 3.05) is 26.2 Å². The van der Waals surface area contributed by atoms with E-state index in [1.807, 2.05) is 0 Å². The van der Waals surface area contributed by atoms with E-state index in [-0.39, 0.29) is 11.9 Å². The summed E-state index contributed by atoms with van der Waals surface area (Å²) >= 11 is 0. The van der Waals surface area contributed by atoms with Crippen LogP contribution in [0.2, 0.25) is 0 Å². The van der Waals surface area contributed by atoms with E-state index in [1.54, 1.807) is 0 Å². The maximum atomic E-state index is 5.36. The predicted molar refractivity (Wildman–Crippen MR) is 102 cm³/mol. The first kappa shape index (κ1) is 19.8. The first-order valence-corrected chi connectivity index (χ1v) is 8.42. The normalized spacial score (nSPS) is 10.6. The zero-order valence-electron chi connectivity index (χ0n) is 14.6. The molecule has 0 unspecified atom stereocenters. The Hall–Kier alpha value is -2.28. The molecule has 1 aromatic rings. The maximum absolute atomic E-state index is 5.36. The average Bonchev–Trinajstić information content (AvgIpc) is 2.55. The third kappa shape index (κ3) is 8.99. The molecular weight excluding hydrogens is 302 g/mol. The molecule has 7 heteroatoms. The maximum Gasteiger partial charge on any atom is 0.185 e. The lowest BCUT2D eigenvalue weighted by Gasteiger charge is -2.22. The number of aliphatic imine (C=N–C) groups is 2. The van der Waals surface area contributed by atoms with Crippen molar-refractivity contribution in [3.63, 3.8) is 0 Å². The fourth-order valence-corrected chi connectivity index (χ4v) is 2.41. The van der Waals surface area contributed by atoms with Crippen molar-refractivity contribution in [3.8, 4) is 0 Å². The van der Waals surface area contributed by atoms with E-state index in [2.05, 4.69) is 46.1 Å². The zero-order chi connectivity index (χ0) is 17.8. The number of benzene rings is 1. The van der Waals surface area contributed by atoms with E-state index < -0.39 is 0 Å². The molecule has 0 aromatic heterocycles. The molecule has 8 N–H and O–H groups in total. The molecule has 1 rings (SSSR count). The van der Waals surface area contributed by atoms with Gasteiger partial charge in [-0.25, -0.2) is 0 Å². The van der Waals surface area contributed by atoms with Gasteiger partial charge in [0.15, 0.2) is 11.9 Å².